The molecule has 1 amide bonds. The van der Waals surface area contributed by atoms with E-state index < -0.39 is 11.2 Å². The second kappa shape index (κ2) is 9.18. The largest absolute Gasteiger partial charge is 0.383 e. The number of aryl methyl sites for hydroxylation is 1. The maximum absolute atomic E-state index is 12.8. The molecule has 0 aromatic carbocycles. The highest BCUT2D eigenvalue weighted by molar-refractivity contribution is 8.00. The van der Waals surface area contributed by atoms with Crippen LogP contribution < -0.4 is 16.6 Å². The Balaban J connectivity index is 2.51. The molecule has 0 aliphatic heterocycles. The number of nitrogens with zero attached hydrogens (tertiary/aromatic N) is 3. The molecule has 0 spiro atoms. The van der Waals surface area contributed by atoms with Crippen molar-refractivity contribution in [3.05, 3.63) is 32.6 Å². The lowest BCUT2D eigenvalue weighted by molar-refractivity contribution is -0.118. The molecule has 0 radical (unpaired) electrons. The van der Waals surface area contributed by atoms with E-state index in [1.807, 2.05) is 0 Å². The zero-order valence-electron chi connectivity index (χ0n) is 16.4. The standard InChI is InChI=1S/C18H26N4O4S/c1-11(2)8-12-9-20-16-14(17(24)22(4)18(25)21(16)3)15(12)27-10-13(23)19-6-7-26-5/h9,11H,6-8,10H2,1-5H3,(H,19,23). The first kappa shape index (κ1) is 21.2. The number of ether oxygens (including phenoxy) is 1. The van der Waals surface area contributed by atoms with E-state index in [1.54, 1.807) is 20.4 Å². The Kier molecular flexibility index (Phi) is 7.20. The number of carbonyl (C=O) groups is 1. The SMILES string of the molecule is COCCNC(=O)CSc1c(CC(C)C)cnc2c1c(=O)n(C)c(=O)n2C. The molecule has 0 bridgehead atoms. The highest BCUT2D eigenvalue weighted by Crippen LogP contribution is 2.29. The Morgan fingerprint density at radius 2 is 2.00 bits per heavy atom. The Morgan fingerprint density at radius 1 is 1.30 bits per heavy atom. The first-order chi connectivity index (χ1) is 12.8. The van der Waals surface area contributed by atoms with Gasteiger partial charge in [-0.15, -0.1) is 11.8 Å². The van der Waals surface area contributed by atoms with Gasteiger partial charge in [0.15, 0.2) is 0 Å². The Bertz CT molecular complexity index is 949. The maximum atomic E-state index is 12.8. The van der Waals surface area contributed by atoms with Crippen LogP contribution in [0.25, 0.3) is 11.0 Å². The zero-order chi connectivity index (χ0) is 20.1. The molecule has 8 nitrogen and oxygen atoms in total. The van der Waals surface area contributed by atoms with E-state index in [-0.39, 0.29) is 11.7 Å². The van der Waals surface area contributed by atoms with Crippen molar-refractivity contribution in [2.45, 2.75) is 25.2 Å². The number of aromatic nitrogens is 3. The third-order valence-corrected chi connectivity index (χ3v) is 5.26. The van der Waals surface area contributed by atoms with Gasteiger partial charge in [0.25, 0.3) is 5.56 Å². The number of fused-ring (bicyclic) bond motifs is 1. The van der Waals surface area contributed by atoms with E-state index in [1.165, 1.54) is 23.4 Å². The molecular formula is C18H26N4O4S. The summed E-state index contributed by atoms with van der Waals surface area (Å²) in [4.78, 5) is 42.2. The first-order valence-corrected chi connectivity index (χ1v) is 9.72. The summed E-state index contributed by atoms with van der Waals surface area (Å²) >= 11 is 1.30. The summed E-state index contributed by atoms with van der Waals surface area (Å²) in [6.07, 6.45) is 2.43. The Hall–Kier alpha value is -2.13. The summed E-state index contributed by atoms with van der Waals surface area (Å²) in [7, 11) is 4.61. The van der Waals surface area contributed by atoms with Crippen LogP contribution in [0, 0.1) is 5.92 Å². The van der Waals surface area contributed by atoms with Crippen molar-refractivity contribution in [1.29, 1.82) is 0 Å². The van der Waals surface area contributed by atoms with Gasteiger partial charge < -0.3 is 10.1 Å². The minimum Gasteiger partial charge on any atom is -0.383 e. The van der Waals surface area contributed by atoms with Crippen molar-refractivity contribution in [2.75, 3.05) is 26.0 Å². The van der Waals surface area contributed by atoms with Gasteiger partial charge >= 0.3 is 5.69 Å². The van der Waals surface area contributed by atoms with Crippen molar-refractivity contribution in [3.8, 4) is 0 Å². The fraction of sp³-hybridized carbons (Fsp3) is 0.556. The van der Waals surface area contributed by atoms with Gasteiger partial charge in [-0.25, -0.2) is 9.78 Å². The van der Waals surface area contributed by atoms with Crippen LogP contribution in [-0.4, -0.2) is 46.0 Å². The van der Waals surface area contributed by atoms with Gasteiger partial charge in [-0.1, -0.05) is 13.8 Å². The van der Waals surface area contributed by atoms with Crippen LogP contribution in [0.15, 0.2) is 20.7 Å². The van der Waals surface area contributed by atoms with Gasteiger partial charge in [0.05, 0.1) is 17.7 Å². The van der Waals surface area contributed by atoms with Crippen LogP contribution in [0.5, 0.6) is 0 Å². The molecule has 9 heteroatoms. The van der Waals surface area contributed by atoms with Crippen molar-refractivity contribution in [2.24, 2.45) is 20.0 Å². The normalized spacial score (nSPS) is 11.3. The molecule has 2 rings (SSSR count). The summed E-state index contributed by atoms with van der Waals surface area (Å²) in [5, 5.41) is 3.15. The molecule has 0 aliphatic carbocycles. The molecule has 0 saturated heterocycles. The quantitative estimate of drug-likeness (QED) is 0.523. The van der Waals surface area contributed by atoms with Crippen LogP contribution in [0.3, 0.4) is 0 Å². The molecule has 0 saturated carbocycles. The van der Waals surface area contributed by atoms with Gasteiger partial charge in [-0.2, -0.15) is 0 Å². The summed E-state index contributed by atoms with van der Waals surface area (Å²) in [5.74, 6) is 0.384. The van der Waals surface area contributed by atoms with Crippen LogP contribution in [0.2, 0.25) is 0 Å². The molecule has 2 aromatic heterocycles. The van der Waals surface area contributed by atoms with Gasteiger partial charge in [0.2, 0.25) is 5.91 Å². The summed E-state index contributed by atoms with van der Waals surface area (Å²) < 4.78 is 7.36. The number of rotatable bonds is 8. The molecule has 1 N–H and O–H groups in total. The van der Waals surface area contributed by atoms with E-state index in [0.29, 0.717) is 35.0 Å². The number of thioether (sulfide) groups is 1. The molecule has 0 unspecified atom stereocenters. The average molecular weight is 394 g/mol. The third-order valence-electron chi connectivity index (χ3n) is 4.10. The molecule has 0 aliphatic rings. The first-order valence-electron chi connectivity index (χ1n) is 8.74. The van der Waals surface area contributed by atoms with Gasteiger partial charge in [0, 0.05) is 38.8 Å². The number of methoxy groups -OCH3 is 1. The van der Waals surface area contributed by atoms with Crippen molar-refractivity contribution < 1.29 is 9.53 Å². The monoisotopic (exact) mass is 394 g/mol. The third kappa shape index (κ3) is 4.78. The number of nitrogens with one attached hydrogen (secondary N) is 1. The summed E-state index contributed by atoms with van der Waals surface area (Å²) in [6, 6.07) is 0. The van der Waals surface area contributed by atoms with Crippen molar-refractivity contribution in [3.63, 3.8) is 0 Å². The molecule has 27 heavy (non-hydrogen) atoms. The number of hydrogen-bond acceptors (Lipinski definition) is 6. The fourth-order valence-electron chi connectivity index (χ4n) is 2.77. The number of pyridine rings is 1. The van der Waals surface area contributed by atoms with Crippen LogP contribution in [0.4, 0.5) is 0 Å². The van der Waals surface area contributed by atoms with Gasteiger partial charge in [-0.3, -0.25) is 18.7 Å². The van der Waals surface area contributed by atoms with Gasteiger partial charge in [-0.05, 0) is 17.9 Å². The number of amides is 1. The lowest BCUT2D eigenvalue weighted by atomic mass is 10.0. The van der Waals surface area contributed by atoms with E-state index in [2.05, 4.69) is 24.1 Å². The van der Waals surface area contributed by atoms with E-state index in [0.717, 1.165) is 16.6 Å². The second-order valence-corrected chi connectivity index (χ2v) is 7.73. The lowest BCUT2D eigenvalue weighted by Gasteiger charge is -2.15. The number of carbonyl (C=O) groups excluding carboxylic acids is 1. The van der Waals surface area contributed by atoms with Crippen LogP contribution in [0.1, 0.15) is 19.4 Å². The molecule has 2 heterocycles. The molecule has 0 atom stereocenters. The fourth-order valence-corrected chi connectivity index (χ4v) is 3.79. The molecule has 0 fully saturated rings. The van der Waals surface area contributed by atoms with Crippen LogP contribution >= 0.6 is 11.8 Å². The van der Waals surface area contributed by atoms with E-state index in [4.69, 9.17) is 4.74 Å². The minimum atomic E-state index is -0.426. The highest BCUT2D eigenvalue weighted by Gasteiger charge is 2.19. The van der Waals surface area contributed by atoms with Gasteiger partial charge in [0.1, 0.15) is 5.65 Å². The van der Waals surface area contributed by atoms with E-state index in [9.17, 15) is 14.4 Å². The molecule has 2 aromatic rings. The predicted octanol–water partition coefficient (Wildman–Crippen LogP) is 0.685. The number of hydrogen-bond donors (Lipinski definition) is 1. The maximum Gasteiger partial charge on any atom is 0.332 e. The smallest absolute Gasteiger partial charge is 0.332 e. The minimum absolute atomic E-state index is 0.140. The summed E-state index contributed by atoms with van der Waals surface area (Å²) in [6.45, 7) is 5.03. The molecular weight excluding hydrogens is 368 g/mol. The van der Waals surface area contributed by atoms with Crippen molar-refractivity contribution >= 4 is 28.7 Å². The average Bonchev–Trinajstić information content (AvgIpc) is 2.63. The topological polar surface area (TPSA) is 95.2 Å². The zero-order valence-corrected chi connectivity index (χ0v) is 17.2. The Morgan fingerprint density at radius 3 is 2.63 bits per heavy atom. The highest BCUT2D eigenvalue weighted by atomic mass is 32.2. The molecule has 148 valence electrons. The lowest BCUT2D eigenvalue weighted by Crippen LogP contribution is -2.37. The van der Waals surface area contributed by atoms with E-state index >= 15 is 0 Å². The summed E-state index contributed by atoms with van der Waals surface area (Å²) in [5.41, 5.74) is 0.416. The predicted molar refractivity (Wildman–Crippen MR) is 106 cm³/mol. The Labute approximate surface area is 161 Å². The second-order valence-electron chi connectivity index (χ2n) is 6.75. The van der Waals surface area contributed by atoms with Crippen molar-refractivity contribution in [1.82, 2.24) is 19.4 Å². The van der Waals surface area contributed by atoms with Crippen LogP contribution in [-0.2, 0) is 30.0 Å².